The van der Waals surface area contributed by atoms with Crippen LogP contribution in [0.3, 0.4) is 0 Å². The van der Waals surface area contributed by atoms with Crippen molar-refractivity contribution in [1.29, 1.82) is 0 Å². The molecule has 3 N–H and O–H groups in total. The molecule has 0 saturated heterocycles. The van der Waals surface area contributed by atoms with Gasteiger partial charge in [-0.2, -0.15) is 38.0 Å². The van der Waals surface area contributed by atoms with Gasteiger partial charge in [0.05, 0.1) is 24.2 Å². The van der Waals surface area contributed by atoms with Crippen molar-refractivity contribution < 1.29 is 4.74 Å². The predicted molar refractivity (Wildman–Crippen MR) is 295 cm³/mol. The van der Waals surface area contributed by atoms with Crippen LogP contribution in [0.25, 0.3) is 49.4 Å². The van der Waals surface area contributed by atoms with Gasteiger partial charge < -0.3 is 4.74 Å². The van der Waals surface area contributed by atoms with E-state index in [1.807, 2.05) is 24.3 Å². The molecule has 0 saturated carbocycles. The van der Waals surface area contributed by atoms with Crippen LogP contribution in [-0.4, -0.2) is 37.7 Å². The summed E-state index contributed by atoms with van der Waals surface area (Å²) in [7, 11) is 1.68. The zero-order chi connectivity index (χ0) is 47.3. The minimum absolute atomic E-state index is 0.832. The zero-order valence-electron chi connectivity index (χ0n) is 38.8. The SMILES string of the molecule is C1=C(c2cscc2-c2cc(Cc3ccccc3)[nH]n2)CCCC1.COc1ccc(Cc2cc(-c3csc4ccccc34)n[nH]2)cc1.c1ccc(Cc2cc(-c3cscc3Sc3ccccc3)n[nH]2)cc1. The Balaban J connectivity index is 0.000000122. The van der Waals surface area contributed by atoms with E-state index in [2.05, 4.69) is 197 Å². The van der Waals surface area contributed by atoms with Crippen molar-refractivity contribution in [1.82, 2.24) is 30.6 Å². The number of ether oxygens (including phenoxy) is 1. The van der Waals surface area contributed by atoms with Gasteiger partial charge in [0.2, 0.25) is 0 Å². The Labute approximate surface area is 425 Å². The van der Waals surface area contributed by atoms with Crippen molar-refractivity contribution in [2.75, 3.05) is 7.11 Å². The molecule has 6 heterocycles. The predicted octanol–water partition coefficient (Wildman–Crippen LogP) is 16.5. The molecule has 1 aliphatic rings. The van der Waals surface area contributed by atoms with Gasteiger partial charge in [0.15, 0.2) is 0 Å². The fourth-order valence-electron chi connectivity index (χ4n) is 8.53. The quantitative estimate of drug-likeness (QED) is 0.107. The number of fused-ring (bicyclic) bond motifs is 1. The molecule has 5 aromatic carbocycles. The van der Waals surface area contributed by atoms with Crippen molar-refractivity contribution in [3.05, 3.63) is 230 Å². The van der Waals surface area contributed by atoms with Gasteiger partial charge in [-0.15, -0.1) is 11.3 Å². The monoisotopic (exact) mass is 988 g/mol. The Hall–Kier alpha value is -7.02. The first kappa shape index (κ1) is 46.7. The normalized spacial score (nSPS) is 12.2. The molecule has 0 aliphatic heterocycles. The van der Waals surface area contributed by atoms with Gasteiger partial charge in [-0.1, -0.05) is 127 Å². The molecular weight excluding hydrogens is 937 g/mol. The third-order valence-electron chi connectivity index (χ3n) is 12.1. The highest BCUT2D eigenvalue weighted by Gasteiger charge is 2.16. The first-order chi connectivity index (χ1) is 34.6. The number of rotatable bonds is 13. The average Bonchev–Trinajstić information content (AvgIpc) is 4.29. The molecule has 0 radical (unpaired) electrons. The summed E-state index contributed by atoms with van der Waals surface area (Å²) in [5.74, 6) is 0.879. The Morgan fingerprint density at radius 2 is 1.04 bits per heavy atom. The van der Waals surface area contributed by atoms with E-state index in [1.54, 1.807) is 52.9 Å². The molecule has 11 aromatic rings. The first-order valence-corrected chi connectivity index (χ1v) is 27.1. The van der Waals surface area contributed by atoms with Crippen LogP contribution < -0.4 is 4.74 Å². The van der Waals surface area contributed by atoms with E-state index < -0.39 is 0 Å². The molecule has 0 bridgehead atoms. The van der Waals surface area contributed by atoms with E-state index in [0.717, 1.165) is 53.5 Å². The van der Waals surface area contributed by atoms with Gasteiger partial charge >= 0.3 is 0 Å². The molecule has 0 atom stereocenters. The Bertz CT molecular complexity index is 3380. The largest absolute Gasteiger partial charge is 0.497 e. The Kier molecular flexibility index (Phi) is 15.4. The van der Waals surface area contributed by atoms with Gasteiger partial charge in [-0.3, -0.25) is 15.3 Å². The van der Waals surface area contributed by atoms with Crippen LogP contribution in [0.4, 0.5) is 0 Å². The smallest absolute Gasteiger partial charge is 0.118 e. The van der Waals surface area contributed by atoms with Crippen molar-refractivity contribution in [2.45, 2.75) is 54.7 Å². The molecule has 0 fully saturated rings. The van der Waals surface area contributed by atoms with Gasteiger partial charge in [0.1, 0.15) is 5.75 Å². The van der Waals surface area contributed by atoms with Crippen LogP contribution in [0.15, 0.2) is 200 Å². The van der Waals surface area contributed by atoms with E-state index in [4.69, 9.17) is 4.74 Å². The lowest BCUT2D eigenvalue weighted by Crippen LogP contribution is -1.92. The Morgan fingerprint density at radius 1 is 0.514 bits per heavy atom. The number of methoxy groups -OCH3 is 1. The summed E-state index contributed by atoms with van der Waals surface area (Å²) in [5.41, 5.74) is 16.9. The van der Waals surface area contributed by atoms with Crippen LogP contribution in [0.2, 0.25) is 0 Å². The number of benzene rings is 5. The first-order valence-electron chi connectivity index (χ1n) is 23.5. The molecule has 348 valence electrons. The maximum Gasteiger partial charge on any atom is 0.118 e. The summed E-state index contributed by atoms with van der Waals surface area (Å²) in [6.45, 7) is 0. The summed E-state index contributed by atoms with van der Waals surface area (Å²) in [6, 6.07) is 54.5. The summed E-state index contributed by atoms with van der Waals surface area (Å²) in [6.07, 6.45) is 10.1. The second-order valence-corrected chi connectivity index (χ2v) is 20.6. The molecule has 0 amide bonds. The van der Waals surface area contributed by atoms with E-state index in [9.17, 15) is 0 Å². The van der Waals surface area contributed by atoms with Crippen LogP contribution in [0, 0.1) is 0 Å². The van der Waals surface area contributed by atoms with Gasteiger partial charge in [0, 0.05) is 94.4 Å². The summed E-state index contributed by atoms with van der Waals surface area (Å²) < 4.78 is 6.49. The number of hydrogen-bond donors (Lipinski definition) is 3. The number of hydrogen-bond acceptors (Lipinski definition) is 8. The third-order valence-corrected chi connectivity index (χ3v) is 15.8. The molecule has 11 heteroatoms. The van der Waals surface area contributed by atoms with Crippen LogP contribution >= 0.6 is 45.8 Å². The second-order valence-electron chi connectivity index (χ2n) is 17.1. The van der Waals surface area contributed by atoms with Gasteiger partial charge in [0.25, 0.3) is 0 Å². The minimum Gasteiger partial charge on any atom is -0.497 e. The summed E-state index contributed by atoms with van der Waals surface area (Å²) in [4.78, 5) is 2.50. The van der Waals surface area contributed by atoms with E-state index in [1.165, 1.54) is 95.8 Å². The van der Waals surface area contributed by atoms with Crippen LogP contribution in [-0.2, 0) is 19.3 Å². The standard InChI is InChI=1S/C20H16N2S2.C20H20N2S.C19H16N2OS/c1-3-7-15(8-4-1)11-16-12-19(22-21-16)18-13-23-14-20(18)24-17-9-5-2-6-10-17;1-3-7-15(8-4-1)11-17-12-20(22-21-17)19-14-23-13-18(19)16-9-5-2-6-10-16;1-22-15-8-6-13(7-9-15)10-14-11-18(21-20-14)17-12-23-19-5-3-2-4-16(17)19/h1-10,12-14H,11H2,(H,21,22);1,3-4,7-9,12-14H,2,5-6,10-11H2,(H,21,22);2-9,11-12H,10H2,1H3,(H,20,21). The van der Waals surface area contributed by atoms with Crippen molar-refractivity contribution in [3.8, 4) is 39.5 Å². The average molecular weight is 989 g/mol. The minimum atomic E-state index is 0.832. The fourth-order valence-corrected chi connectivity index (χ4v) is 12.3. The number of nitrogens with zero attached hydrogens (tertiary/aromatic N) is 3. The number of H-pyrrole nitrogens is 3. The Morgan fingerprint density at radius 3 is 1.66 bits per heavy atom. The fraction of sp³-hybridized carbons (Fsp3) is 0.136. The maximum atomic E-state index is 5.19. The molecule has 0 spiro atoms. The molecule has 7 nitrogen and oxygen atoms in total. The highest BCUT2D eigenvalue weighted by molar-refractivity contribution is 7.99. The second kappa shape index (κ2) is 23.1. The van der Waals surface area contributed by atoms with Crippen LogP contribution in [0.5, 0.6) is 5.75 Å². The number of thiophene rings is 3. The molecule has 6 aromatic heterocycles. The molecule has 12 rings (SSSR count). The van der Waals surface area contributed by atoms with Gasteiger partial charge in [-0.25, -0.2) is 0 Å². The van der Waals surface area contributed by atoms with Crippen LogP contribution in [0.1, 0.15) is 65.0 Å². The number of nitrogens with one attached hydrogen (secondary N) is 3. The van der Waals surface area contributed by atoms with Crippen molar-refractivity contribution in [2.24, 2.45) is 0 Å². The number of aromatic amines is 3. The van der Waals surface area contributed by atoms with Crippen molar-refractivity contribution in [3.63, 3.8) is 0 Å². The number of allylic oxidation sites excluding steroid dienone is 2. The lowest BCUT2D eigenvalue weighted by Gasteiger charge is -2.12. The van der Waals surface area contributed by atoms with Crippen molar-refractivity contribution >= 4 is 61.4 Å². The van der Waals surface area contributed by atoms with E-state index in [-0.39, 0.29) is 0 Å². The van der Waals surface area contributed by atoms with E-state index >= 15 is 0 Å². The number of aromatic nitrogens is 6. The summed E-state index contributed by atoms with van der Waals surface area (Å²) in [5, 5.41) is 35.4. The third kappa shape index (κ3) is 11.9. The molecule has 0 unspecified atom stereocenters. The molecule has 70 heavy (non-hydrogen) atoms. The molecular formula is C59H52N6OS4. The van der Waals surface area contributed by atoms with Gasteiger partial charge in [-0.05, 0) is 107 Å². The topological polar surface area (TPSA) is 95.3 Å². The zero-order valence-corrected chi connectivity index (χ0v) is 42.1. The highest BCUT2D eigenvalue weighted by atomic mass is 32.2. The lowest BCUT2D eigenvalue weighted by molar-refractivity contribution is 0.414. The molecule has 1 aliphatic carbocycles. The lowest BCUT2D eigenvalue weighted by atomic mass is 9.92. The van der Waals surface area contributed by atoms with E-state index in [0.29, 0.717) is 0 Å². The highest BCUT2D eigenvalue weighted by Crippen LogP contribution is 2.39. The summed E-state index contributed by atoms with van der Waals surface area (Å²) >= 11 is 7.04. The maximum absolute atomic E-state index is 5.19.